The van der Waals surface area contributed by atoms with E-state index in [0.29, 0.717) is 43.7 Å². The zero-order valence-electron chi connectivity index (χ0n) is 57.9. The molecule has 0 saturated carbocycles. The van der Waals surface area contributed by atoms with Crippen LogP contribution in [-0.4, -0.2) is 55.0 Å². The topological polar surface area (TPSA) is 136 Å². The quantitative estimate of drug-likeness (QED) is 0.0364. The van der Waals surface area contributed by atoms with Gasteiger partial charge < -0.3 is 23.0 Å². The molecular weight excluding hydrogens is 1490 g/mol. The van der Waals surface area contributed by atoms with Gasteiger partial charge in [0, 0.05) is 79.2 Å². The van der Waals surface area contributed by atoms with Gasteiger partial charge in [-0.2, -0.15) is 0 Å². The summed E-state index contributed by atoms with van der Waals surface area (Å²) in [5.74, 6) is 6.04. The maximum atomic E-state index is 6.44. The molecule has 0 amide bonds. The highest BCUT2D eigenvalue weighted by Crippen LogP contribution is 2.37. The average molecular weight is 1570 g/mol. The Morgan fingerprint density at radius 1 is 0.314 bits per heavy atom. The summed E-state index contributed by atoms with van der Waals surface area (Å²) >= 11 is 32.0. The van der Waals surface area contributed by atoms with Crippen molar-refractivity contribution in [1.82, 2.24) is 35.2 Å². The lowest BCUT2D eigenvalue weighted by atomic mass is 10.0. The number of aromatic nitrogens is 7. The predicted molar refractivity (Wildman–Crippen MR) is 425 cm³/mol. The molecule has 3 aromatic heterocycles. The first kappa shape index (κ1) is 76.6. The van der Waals surface area contributed by atoms with E-state index in [2.05, 4.69) is 99.9 Å². The standard InChI is InChI=1S/C34H33Cl2N3O.C28H28Cl2N2O2.C22H24Br2N2O2/c1-2-3-4-5-6-10-23-40-30-20-17-27(18-21-30)34-38-37-33(39(34)29-11-8-7-9-12-29)26-15-13-25(14-16-26)31-24-28(35)19-22-32(31)36;1-2-3-4-5-6-7-18-33-24-15-12-22(13-16-24)28-32-31-27(34-28)21-10-8-20(9-11-21)25-19-23(29)14-17-26(25)30;1-2-3-4-5-6-7-12-27-20-10-8-16(9-11-20)21-25-26-22(28-21)17-13-18(23)15-19(24)14-17/h7-9,11-22,24H,2-6,10,23H2,1H3;8-17,19H,2-7,18H2,1H3;8-11,13-15H,2-7,12H2,1H3. The smallest absolute Gasteiger partial charge is 0.248 e. The van der Waals surface area contributed by atoms with E-state index in [1.54, 1.807) is 18.2 Å². The molecule has 0 atom stereocenters. The maximum Gasteiger partial charge on any atom is 0.248 e. The Hall–Kier alpha value is -8.08. The molecule has 3 heterocycles. The normalized spacial score (nSPS) is 11.0. The fourth-order valence-electron chi connectivity index (χ4n) is 11.4. The fourth-order valence-corrected chi connectivity index (χ4v) is 13.5. The number of nitrogens with zero attached hydrogens (tertiary/aromatic N) is 7. The van der Waals surface area contributed by atoms with Crippen molar-refractivity contribution in [2.75, 3.05) is 19.8 Å². The highest BCUT2D eigenvalue weighted by Gasteiger charge is 2.19. The van der Waals surface area contributed by atoms with Crippen molar-refractivity contribution >= 4 is 78.3 Å². The van der Waals surface area contributed by atoms with E-state index in [0.717, 1.165) is 138 Å². The van der Waals surface area contributed by atoms with Gasteiger partial charge >= 0.3 is 0 Å². The van der Waals surface area contributed by atoms with Crippen LogP contribution in [0.25, 0.3) is 96.5 Å². The molecule has 0 fully saturated rings. The Balaban J connectivity index is 0.000000167. The summed E-state index contributed by atoms with van der Waals surface area (Å²) in [4.78, 5) is 0. The second kappa shape index (κ2) is 40.7. The average Bonchev–Trinajstić information content (AvgIpc) is 1.60. The van der Waals surface area contributed by atoms with Gasteiger partial charge in [-0.3, -0.25) is 4.57 Å². The largest absolute Gasteiger partial charge is 0.494 e. The SMILES string of the molecule is CCCCCCCCOc1ccc(-c2nnc(-c3cc(Br)cc(Br)c3)o2)cc1.CCCCCCCCOc1ccc(-c2nnc(-c3ccc(-c4cc(Cl)ccc4Cl)cc3)n2-c2ccccc2)cc1.CCCCCCCCOc1ccc(-c2nnc(-c3ccc(-c4cc(Cl)ccc4Cl)cc3)o2)cc1. The molecule has 0 aliphatic carbocycles. The van der Waals surface area contributed by atoms with Gasteiger partial charge in [-0.1, -0.05) is 250 Å². The Bertz CT molecular complexity index is 4460. The lowest BCUT2D eigenvalue weighted by Gasteiger charge is -2.12. The van der Waals surface area contributed by atoms with E-state index in [4.69, 9.17) is 69.4 Å². The van der Waals surface area contributed by atoms with Crippen LogP contribution in [0.1, 0.15) is 136 Å². The Morgan fingerprint density at radius 2 is 0.627 bits per heavy atom. The third-order valence-electron chi connectivity index (χ3n) is 17.0. The van der Waals surface area contributed by atoms with Crippen LogP contribution < -0.4 is 14.2 Å². The molecule has 0 N–H and O–H groups in total. The molecule has 0 aliphatic heterocycles. The molecule has 12 aromatic rings. The number of para-hydroxylation sites is 1. The van der Waals surface area contributed by atoms with Crippen LogP contribution in [0.3, 0.4) is 0 Å². The van der Waals surface area contributed by atoms with Crippen LogP contribution in [0, 0.1) is 0 Å². The second-order valence-corrected chi connectivity index (χ2v) is 28.3. The molecular formula is C84H85Br2Cl4N7O5. The summed E-state index contributed by atoms with van der Waals surface area (Å²) < 4.78 is 33.4. The highest BCUT2D eigenvalue weighted by molar-refractivity contribution is 9.11. The molecule has 102 heavy (non-hydrogen) atoms. The maximum absolute atomic E-state index is 6.44. The van der Waals surface area contributed by atoms with Crippen LogP contribution in [-0.2, 0) is 0 Å². The highest BCUT2D eigenvalue weighted by atomic mass is 79.9. The van der Waals surface area contributed by atoms with E-state index in [9.17, 15) is 0 Å². The van der Waals surface area contributed by atoms with Crippen LogP contribution >= 0.6 is 78.3 Å². The van der Waals surface area contributed by atoms with E-state index < -0.39 is 0 Å². The Morgan fingerprint density at radius 3 is 1.00 bits per heavy atom. The van der Waals surface area contributed by atoms with E-state index in [1.165, 1.54) is 96.3 Å². The molecule has 0 saturated heterocycles. The van der Waals surface area contributed by atoms with Crippen molar-refractivity contribution in [3.05, 3.63) is 235 Å². The van der Waals surface area contributed by atoms with Crippen molar-refractivity contribution in [3.63, 3.8) is 0 Å². The summed E-state index contributed by atoms with van der Waals surface area (Å²) in [6.07, 6.45) is 22.6. The summed E-state index contributed by atoms with van der Waals surface area (Å²) in [6.45, 7) is 8.96. The second-order valence-electron chi connectivity index (χ2n) is 24.8. The van der Waals surface area contributed by atoms with Gasteiger partial charge in [-0.15, -0.1) is 30.6 Å². The van der Waals surface area contributed by atoms with Gasteiger partial charge in [0.25, 0.3) is 0 Å². The Kier molecular flexibility index (Phi) is 30.5. The zero-order valence-corrected chi connectivity index (χ0v) is 64.1. The molecule has 9 aromatic carbocycles. The van der Waals surface area contributed by atoms with Gasteiger partial charge in [0.1, 0.15) is 17.2 Å². The van der Waals surface area contributed by atoms with Crippen LogP contribution in [0.4, 0.5) is 0 Å². The van der Waals surface area contributed by atoms with Gasteiger partial charge in [0.15, 0.2) is 11.6 Å². The summed E-state index contributed by atoms with van der Waals surface area (Å²) in [5, 5.41) is 28.6. The van der Waals surface area contributed by atoms with Crippen molar-refractivity contribution in [3.8, 4) is 114 Å². The fraction of sp³-hybridized carbons (Fsp3) is 0.286. The zero-order chi connectivity index (χ0) is 71.3. The Labute approximate surface area is 636 Å². The molecule has 528 valence electrons. The number of unbranched alkanes of at least 4 members (excludes halogenated alkanes) is 15. The number of halogens is 6. The third kappa shape index (κ3) is 23.0. The third-order valence-corrected chi connectivity index (χ3v) is 19.1. The van der Waals surface area contributed by atoms with Gasteiger partial charge in [0.05, 0.1) is 19.8 Å². The monoisotopic (exact) mass is 1570 g/mol. The molecule has 0 aliphatic rings. The minimum Gasteiger partial charge on any atom is -0.494 e. The van der Waals surface area contributed by atoms with Crippen LogP contribution in [0.5, 0.6) is 17.2 Å². The predicted octanol–water partition coefficient (Wildman–Crippen LogP) is 27.1. The summed E-state index contributed by atoms with van der Waals surface area (Å²) in [5.41, 5.74) is 10.1. The van der Waals surface area contributed by atoms with Crippen molar-refractivity contribution in [1.29, 1.82) is 0 Å². The first-order chi connectivity index (χ1) is 49.9. The van der Waals surface area contributed by atoms with Crippen molar-refractivity contribution in [2.45, 2.75) is 136 Å². The lowest BCUT2D eigenvalue weighted by molar-refractivity contribution is 0.304. The molecule has 18 heteroatoms. The minimum absolute atomic E-state index is 0.460. The lowest BCUT2D eigenvalue weighted by Crippen LogP contribution is -2.01. The molecule has 12 nitrogen and oxygen atoms in total. The molecule has 0 unspecified atom stereocenters. The summed E-state index contributed by atoms with van der Waals surface area (Å²) in [7, 11) is 0. The van der Waals surface area contributed by atoms with Crippen molar-refractivity contribution < 1.29 is 23.0 Å². The molecule has 0 bridgehead atoms. The van der Waals surface area contributed by atoms with E-state index in [1.807, 2.05) is 176 Å². The first-order valence-corrected chi connectivity index (χ1v) is 38.5. The number of benzene rings is 9. The number of rotatable bonds is 33. The van der Waals surface area contributed by atoms with E-state index >= 15 is 0 Å². The minimum atomic E-state index is 0.460. The first-order valence-electron chi connectivity index (χ1n) is 35.4. The molecule has 12 rings (SSSR count). The molecule has 0 spiro atoms. The number of ether oxygens (including phenoxy) is 3. The van der Waals surface area contributed by atoms with Crippen molar-refractivity contribution in [2.24, 2.45) is 0 Å². The van der Waals surface area contributed by atoms with E-state index in [-0.39, 0.29) is 0 Å². The number of hydrogen-bond acceptors (Lipinski definition) is 11. The van der Waals surface area contributed by atoms with Crippen LogP contribution in [0.15, 0.2) is 224 Å². The summed E-state index contributed by atoms with van der Waals surface area (Å²) in [6, 6.07) is 66.6. The van der Waals surface area contributed by atoms with Gasteiger partial charge in [-0.05, 0) is 182 Å². The van der Waals surface area contributed by atoms with Crippen LogP contribution in [0.2, 0.25) is 20.1 Å². The van der Waals surface area contributed by atoms with Gasteiger partial charge in [0.2, 0.25) is 23.6 Å². The van der Waals surface area contributed by atoms with Gasteiger partial charge in [-0.25, -0.2) is 0 Å². The molecule has 0 radical (unpaired) electrons. The number of hydrogen-bond donors (Lipinski definition) is 0.